The lowest BCUT2D eigenvalue weighted by molar-refractivity contribution is 1.17. The molecule has 0 aliphatic heterocycles. The van der Waals surface area contributed by atoms with Crippen LogP contribution in [-0.2, 0) is 0 Å². The maximum Gasteiger partial charge on any atom is 0.190 e. The summed E-state index contributed by atoms with van der Waals surface area (Å²) < 4.78 is 4.26. The summed E-state index contributed by atoms with van der Waals surface area (Å²) in [6, 6.07) is 74.4. The zero-order chi connectivity index (χ0) is 44.0. The molecule has 0 radical (unpaired) electrons. The molecule has 0 aliphatic rings. The van der Waals surface area contributed by atoms with Gasteiger partial charge in [0.15, 0.2) is 5.69 Å². The van der Waals surface area contributed by atoms with E-state index >= 15 is 0 Å². The number of anilines is 3. The summed E-state index contributed by atoms with van der Waals surface area (Å²) in [7, 11) is 0. The molecule has 2 heterocycles. The summed E-state index contributed by atoms with van der Waals surface area (Å²) >= 11 is 0. The van der Waals surface area contributed by atoms with Crippen molar-refractivity contribution in [1.29, 1.82) is 15.8 Å². The van der Waals surface area contributed by atoms with Crippen molar-refractivity contribution in [3.8, 4) is 51.8 Å². The number of nitrogens with zero attached hydrogens (tertiary/aromatic N) is 7. The van der Waals surface area contributed by atoms with E-state index in [1.54, 1.807) is 12.1 Å². The van der Waals surface area contributed by atoms with Gasteiger partial charge in [0.25, 0.3) is 0 Å². The van der Waals surface area contributed by atoms with Crippen LogP contribution in [0.5, 0.6) is 0 Å². The van der Waals surface area contributed by atoms with E-state index in [1.165, 1.54) is 11.1 Å². The molecule has 65 heavy (non-hydrogen) atoms. The molecule has 11 rings (SSSR count). The molecule has 0 fully saturated rings. The first kappa shape index (κ1) is 38.3. The molecule has 0 N–H and O–H groups in total. The van der Waals surface area contributed by atoms with Crippen molar-refractivity contribution in [1.82, 2.24) is 9.13 Å². The van der Waals surface area contributed by atoms with Crippen LogP contribution in [0.25, 0.3) is 82.1 Å². The molecule has 0 atom stereocenters. The van der Waals surface area contributed by atoms with Crippen LogP contribution in [0.4, 0.5) is 22.7 Å². The fourth-order valence-corrected chi connectivity index (χ4v) is 9.21. The summed E-state index contributed by atoms with van der Waals surface area (Å²) in [6.45, 7) is 7.75. The highest BCUT2D eigenvalue weighted by Crippen LogP contribution is 2.43. The molecule has 0 amide bonds. The quantitative estimate of drug-likeness (QED) is 0.150. The molecule has 0 aliphatic carbocycles. The predicted octanol–water partition coefficient (Wildman–Crippen LogP) is 14.9. The first-order chi connectivity index (χ1) is 32.0. The second-order valence-electron chi connectivity index (χ2n) is 15.9. The lowest BCUT2D eigenvalue weighted by Gasteiger charge is -2.26. The summed E-state index contributed by atoms with van der Waals surface area (Å²) in [5.74, 6) is 0. The van der Waals surface area contributed by atoms with E-state index in [0.29, 0.717) is 22.4 Å². The van der Waals surface area contributed by atoms with Crippen molar-refractivity contribution < 1.29 is 0 Å². The monoisotopic (exact) mass is 827 g/mol. The minimum atomic E-state index is 0.406. The molecular weight excluding hydrogens is 795 g/mol. The van der Waals surface area contributed by atoms with Crippen LogP contribution in [0.2, 0.25) is 0 Å². The van der Waals surface area contributed by atoms with Gasteiger partial charge in [0, 0.05) is 55.5 Å². The molecule has 9 aromatic carbocycles. The SMILES string of the molecule is [C-]#[N+]c1cc(C#N)cc(-n2c3ccccc3c3cc(N(c4ccc(-c5ccc(-c6ccccc6)cc5)cc4)c4ccc5c(c4)c4ccccc4n5-c4cc(C#N)cc(C#N)c4)ccc32)c1. The fraction of sp³-hybridized carbons (Fsp3) is 0. The number of nitriles is 3. The molecule has 0 saturated heterocycles. The van der Waals surface area contributed by atoms with Gasteiger partial charge in [-0.2, -0.15) is 15.8 Å². The fourth-order valence-electron chi connectivity index (χ4n) is 9.21. The largest absolute Gasteiger partial charge is 0.310 e. The van der Waals surface area contributed by atoms with E-state index in [0.717, 1.165) is 83.2 Å². The van der Waals surface area contributed by atoms with Crippen molar-refractivity contribution >= 4 is 66.4 Å². The molecule has 300 valence electrons. The maximum absolute atomic E-state index is 9.89. The smallest absolute Gasteiger partial charge is 0.190 e. The zero-order valence-electron chi connectivity index (χ0n) is 34.7. The van der Waals surface area contributed by atoms with Crippen LogP contribution >= 0.6 is 0 Å². The van der Waals surface area contributed by atoms with Crippen LogP contribution in [0.1, 0.15) is 16.7 Å². The van der Waals surface area contributed by atoms with Crippen LogP contribution < -0.4 is 4.90 Å². The number of fused-ring (bicyclic) bond motifs is 6. The highest BCUT2D eigenvalue weighted by molar-refractivity contribution is 6.12. The van der Waals surface area contributed by atoms with Gasteiger partial charge in [0.1, 0.15) is 0 Å². The normalized spacial score (nSPS) is 11.0. The van der Waals surface area contributed by atoms with Crippen LogP contribution in [0.15, 0.2) is 200 Å². The Morgan fingerprint density at radius 1 is 0.369 bits per heavy atom. The Kier molecular flexibility index (Phi) is 9.23. The number of rotatable bonds is 7. The Morgan fingerprint density at radius 3 is 1.26 bits per heavy atom. The molecular formula is C58H33N7. The van der Waals surface area contributed by atoms with Gasteiger partial charge in [-0.15, -0.1) is 0 Å². The molecule has 7 nitrogen and oxygen atoms in total. The predicted molar refractivity (Wildman–Crippen MR) is 261 cm³/mol. The van der Waals surface area contributed by atoms with Crippen molar-refractivity contribution in [3.63, 3.8) is 0 Å². The number of hydrogen-bond acceptors (Lipinski definition) is 4. The number of hydrogen-bond donors (Lipinski definition) is 0. The molecule has 11 aromatic rings. The summed E-state index contributed by atoms with van der Waals surface area (Å²) in [5, 5.41) is 33.8. The Bertz CT molecular complexity index is 3610. The van der Waals surface area contributed by atoms with Gasteiger partial charge in [-0.25, -0.2) is 4.85 Å². The Balaban J connectivity index is 1.10. The van der Waals surface area contributed by atoms with E-state index in [1.807, 2.05) is 54.6 Å². The zero-order valence-corrected chi connectivity index (χ0v) is 34.7. The average molecular weight is 828 g/mol. The highest BCUT2D eigenvalue weighted by atomic mass is 15.1. The standard InChI is InChI=1S/C58H33N7/c1-62-45-28-40(37-61)31-50(32-45)65-56-14-8-6-12-52(56)54-34-48(24-26-58(54)65)63(46-21-19-44(20-22-46)43-17-15-42(16-18-43)41-9-3-2-4-10-41)47-23-25-57-53(33-47)51-11-5-7-13-55(51)64(57)49-29-38(35-59)27-39(30-49)36-60/h2-34H. The maximum atomic E-state index is 9.89. The molecule has 0 saturated carbocycles. The van der Waals surface area contributed by atoms with E-state index in [4.69, 9.17) is 6.57 Å². The second kappa shape index (κ2) is 15.7. The van der Waals surface area contributed by atoms with Crippen LogP contribution in [0, 0.1) is 40.6 Å². The second-order valence-corrected chi connectivity index (χ2v) is 15.9. The Hall–Kier alpha value is -9.66. The Labute approximate surface area is 374 Å². The van der Waals surface area contributed by atoms with E-state index in [2.05, 4.69) is 171 Å². The molecule has 7 heteroatoms. The topological polar surface area (TPSA) is 88.8 Å². The van der Waals surface area contributed by atoms with E-state index < -0.39 is 0 Å². The third-order valence-electron chi connectivity index (χ3n) is 12.1. The number of para-hydroxylation sites is 2. The molecule has 2 aromatic heterocycles. The van der Waals surface area contributed by atoms with Gasteiger partial charge in [-0.05, 0) is 119 Å². The van der Waals surface area contributed by atoms with Crippen molar-refractivity contribution in [2.75, 3.05) is 4.90 Å². The summed E-state index contributed by atoms with van der Waals surface area (Å²) in [5.41, 5.74) is 14.4. The lowest BCUT2D eigenvalue weighted by Crippen LogP contribution is -2.10. The van der Waals surface area contributed by atoms with Crippen LogP contribution in [-0.4, -0.2) is 9.13 Å². The Morgan fingerprint density at radius 2 is 0.769 bits per heavy atom. The minimum absolute atomic E-state index is 0.406. The van der Waals surface area contributed by atoms with Crippen LogP contribution in [0.3, 0.4) is 0 Å². The molecule has 0 unspecified atom stereocenters. The number of benzene rings is 9. The van der Waals surface area contributed by atoms with Crippen molar-refractivity contribution in [3.05, 3.63) is 228 Å². The third kappa shape index (κ3) is 6.59. The van der Waals surface area contributed by atoms with E-state index in [9.17, 15) is 15.8 Å². The van der Waals surface area contributed by atoms with Crippen molar-refractivity contribution in [2.45, 2.75) is 0 Å². The third-order valence-corrected chi connectivity index (χ3v) is 12.1. The molecule has 0 bridgehead atoms. The van der Waals surface area contributed by atoms with Gasteiger partial charge < -0.3 is 14.0 Å². The lowest BCUT2D eigenvalue weighted by atomic mass is 10.00. The average Bonchev–Trinajstić information content (AvgIpc) is 3.89. The molecule has 0 spiro atoms. The first-order valence-corrected chi connectivity index (χ1v) is 21.0. The number of aromatic nitrogens is 2. The van der Waals surface area contributed by atoms with Crippen molar-refractivity contribution in [2.24, 2.45) is 0 Å². The summed E-state index contributed by atoms with van der Waals surface area (Å²) in [4.78, 5) is 5.96. The van der Waals surface area contributed by atoms with Gasteiger partial charge in [0.2, 0.25) is 0 Å². The first-order valence-electron chi connectivity index (χ1n) is 21.0. The van der Waals surface area contributed by atoms with Gasteiger partial charge in [0.05, 0.1) is 58.0 Å². The highest BCUT2D eigenvalue weighted by Gasteiger charge is 2.21. The van der Waals surface area contributed by atoms with Gasteiger partial charge >= 0.3 is 0 Å². The van der Waals surface area contributed by atoms with Gasteiger partial charge in [-0.1, -0.05) is 103 Å². The minimum Gasteiger partial charge on any atom is -0.310 e. The van der Waals surface area contributed by atoms with Gasteiger partial charge in [-0.3, -0.25) is 0 Å². The summed E-state index contributed by atoms with van der Waals surface area (Å²) in [6.07, 6.45) is 0. The van der Waals surface area contributed by atoms with E-state index in [-0.39, 0.29) is 0 Å².